The molecule has 1 aliphatic carbocycles. The fourth-order valence-corrected chi connectivity index (χ4v) is 4.31. The van der Waals surface area contributed by atoms with Crippen molar-refractivity contribution >= 4 is 5.97 Å². The third-order valence-corrected chi connectivity index (χ3v) is 7.34. The van der Waals surface area contributed by atoms with E-state index < -0.39 is 5.97 Å². The second kappa shape index (κ2) is 14.5. The molecule has 0 spiro atoms. The van der Waals surface area contributed by atoms with Crippen LogP contribution in [-0.2, 0) is 4.79 Å². The minimum atomic E-state index is -0.951. The highest BCUT2D eigenvalue weighted by Crippen LogP contribution is 2.33. The van der Waals surface area contributed by atoms with Gasteiger partial charge in [-0.05, 0) is 108 Å². The van der Waals surface area contributed by atoms with Crippen LogP contribution >= 0.6 is 0 Å². The third kappa shape index (κ3) is 10.3. The van der Waals surface area contributed by atoms with E-state index in [9.17, 15) is 15.0 Å². The molecule has 0 aromatic heterocycles. The molecule has 0 saturated heterocycles. The zero-order chi connectivity index (χ0) is 24.3. The van der Waals surface area contributed by atoms with Gasteiger partial charge in [0.1, 0.15) is 0 Å². The molecule has 32 heavy (non-hydrogen) atoms. The van der Waals surface area contributed by atoms with E-state index in [1.165, 1.54) is 40.7 Å². The van der Waals surface area contributed by atoms with Gasteiger partial charge in [0, 0.05) is 11.9 Å². The normalized spacial score (nSPS) is 22.1. The SMILES string of the molecule is CC1=C(C)C(C)C(O)C=C1CCC(C)CC/C=C(\C)CCC/C(C)=C/CCC(C)C(=O)[O-]. The summed E-state index contributed by atoms with van der Waals surface area (Å²) in [4.78, 5) is 10.8. The van der Waals surface area contributed by atoms with Crippen molar-refractivity contribution in [3.8, 4) is 0 Å². The number of aliphatic hydroxyl groups is 1. The molecule has 182 valence electrons. The monoisotopic (exact) mass is 443 g/mol. The smallest absolute Gasteiger partial charge is 0.0789 e. The van der Waals surface area contributed by atoms with Crippen LogP contribution in [0.5, 0.6) is 0 Å². The second-order valence-corrected chi connectivity index (χ2v) is 10.3. The zero-order valence-corrected chi connectivity index (χ0v) is 21.7. The molecule has 0 aliphatic heterocycles. The van der Waals surface area contributed by atoms with Crippen molar-refractivity contribution in [1.82, 2.24) is 0 Å². The number of allylic oxidation sites excluding steroid dienone is 6. The first kappa shape index (κ1) is 28.4. The predicted molar refractivity (Wildman–Crippen MR) is 134 cm³/mol. The Labute approximate surface area is 197 Å². The molecule has 4 atom stereocenters. The Morgan fingerprint density at radius 3 is 2.19 bits per heavy atom. The molecule has 3 heteroatoms. The van der Waals surface area contributed by atoms with E-state index >= 15 is 0 Å². The van der Waals surface area contributed by atoms with Crippen LogP contribution < -0.4 is 5.11 Å². The molecule has 3 nitrogen and oxygen atoms in total. The molecule has 0 amide bonds. The van der Waals surface area contributed by atoms with Gasteiger partial charge in [0.15, 0.2) is 0 Å². The number of carbonyl (C=O) groups is 1. The Balaban J connectivity index is 2.27. The molecule has 0 saturated carbocycles. The van der Waals surface area contributed by atoms with Gasteiger partial charge in [0.25, 0.3) is 0 Å². The Hall–Kier alpha value is -1.61. The van der Waals surface area contributed by atoms with Crippen molar-refractivity contribution in [1.29, 1.82) is 0 Å². The number of hydrogen-bond acceptors (Lipinski definition) is 3. The van der Waals surface area contributed by atoms with Crippen LogP contribution in [0.15, 0.2) is 46.1 Å². The second-order valence-electron chi connectivity index (χ2n) is 10.3. The van der Waals surface area contributed by atoms with Gasteiger partial charge in [-0.15, -0.1) is 0 Å². The van der Waals surface area contributed by atoms with Crippen molar-refractivity contribution in [2.24, 2.45) is 17.8 Å². The van der Waals surface area contributed by atoms with Crippen LogP contribution in [0.25, 0.3) is 0 Å². The Kier molecular flexibility index (Phi) is 12.9. The maximum absolute atomic E-state index is 10.8. The summed E-state index contributed by atoms with van der Waals surface area (Å²) in [5.41, 5.74) is 6.87. The lowest BCUT2D eigenvalue weighted by Crippen LogP contribution is -2.29. The maximum atomic E-state index is 10.8. The number of carboxylic acid groups (broad SMARTS) is 1. The van der Waals surface area contributed by atoms with Crippen molar-refractivity contribution in [2.75, 3.05) is 0 Å². The largest absolute Gasteiger partial charge is 0.550 e. The highest BCUT2D eigenvalue weighted by molar-refractivity contribution is 5.66. The van der Waals surface area contributed by atoms with Crippen LogP contribution in [0.2, 0.25) is 0 Å². The highest BCUT2D eigenvalue weighted by atomic mass is 16.4. The first-order valence-electron chi connectivity index (χ1n) is 12.6. The predicted octanol–water partition coefficient (Wildman–Crippen LogP) is 6.69. The first-order chi connectivity index (χ1) is 15.0. The van der Waals surface area contributed by atoms with Crippen LogP contribution in [0.4, 0.5) is 0 Å². The van der Waals surface area contributed by atoms with Gasteiger partial charge in [-0.1, -0.05) is 55.7 Å². The molecule has 0 heterocycles. The number of aliphatic carboxylic acids is 1. The molecule has 0 bridgehead atoms. The van der Waals surface area contributed by atoms with Crippen LogP contribution in [0.1, 0.15) is 106 Å². The van der Waals surface area contributed by atoms with E-state index in [0.29, 0.717) is 12.3 Å². The molecule has 1 N–H and O–H groups in total. The highest BCUT2D eigenvalue weighted by Gasteiger charge is 2.22. The molecule has 0 radical (unpaired) electrons. The lowest BCUT2D eigenvalue weighted by Gasteiger charge is -2.27. The summed E-state index contributed by atoms with van der Waals surface area (Å²) in [7, 11) is 0. The molecule has 1 aliphatic rings. The summed E-state index contributed by atoms with van der Waals surface area (Å²) >= 11 is 0. The summed E-state index contributed by atoms with van der Waals surface area (Å²) in [5, 5.41) is 21.0. The summed E-state index contributed by atoms with van der Waals surface area (Å²) < 4.78 is 0. The summed E-state index contributed by atoms with van der Waals surface area (Å²) in [6.45, 7) is 14.9. The van der Waals surface area contributed by atoms with Gasteiger partial charge in [-0.3, -0.25) is 0 Å². The van der Waals surface area contributed by atoms with Crippen molar-refractivity contribution in [3.05, 3.63) is 46.1 Å². The van der Waals surface area contributed by atoms with Gasteiger partial charge in [-0.2, -0.15) is 0 Å². The quantitative estimate of drug-likeness (QED) is 0.304. The van der Waals surface area contributed by atoms with Crippen molar-refractivity contribution in [2.45, 2.75) is 112 Å². The number of carboxylic acids is 1. The average Bonchev–Trinajstić information content (AvgIpc) is 2.73. The maximum Gasteiger partial charge on any atom is 0.0789 e. The van der Waals surface area contributed by atoms with E-state index in [1.807, 2.05) is 0 Å². The summed E-state index contributed by atoms with van der Waals surface area (Å²) in [6.07, 6.45) is 15.7. The molecule has 1 rings (SSSR count). The number of aliphatic hydroxyl groups excluding tert-OH is 1. The Morgan fingerprint density at radius 2 is 1.62 bits per heavy atom. The zero-order valence-electron chi connectivity index (χ0n) is 21.7. The fraction of sp³-hybridized carbons (Fsp3) is 0.690. The van der Waals surface area contributed by atoms with Crippen LogP contribution in [-0.4, -0.2) is 17.2 Å². The fourth-order valence-electron chi connectivity index (χ4n) is 4.31. The van der Waals surface area contributed by atoms with Gasteiger partial charge in [-0.25, -0.2) is 0 Å². The van der Waals surface area contributed by atoms with Gasteiger partial charge in [0.2, 0.25) is 0 Å². The number of carbonyl (C=O) groups excluding carboxylic acids is 1. The summed E-state index contributed by atoms with van der Waals surface area (Å²) in [5.74, 6) is -0.404. The minimum Gasteiger partial charge on any atom is -0.550 e. The average molecular weight is 444 g/mol. The van der Waals surface area contributed by atoms with E-state index in [0.717, 1.165) is 38.5 Å². The van der Waals surface area contributed by atoms with Gasteiger partial charge >= 0.3 is 0 Å². The van der Waals surface area contributed by atoms with Crippen molar-refractivity contribution < 1.29 is 15.0 Å². The topological polar surface area (TPSA) is 60.4 Å². The lowest BCUT2D eigenvalue weighted by molar-refractivity contribution is -0.311. The molecular formula is C29H47O3-. The number of hydrogen-bond donors (Lipinski definition) is 1. The van der Waals surface area contributed by atoms with Crippen LogP contribution in [0, 0.1) is 17.8 Å². The van der Waals surface area contributed by atoms with Gasteiger partial charge in [0.05, 0.1) is 6.10 Å². The molecular weight excluding hydrogens is 396 g/mol. The molecule has 4 unspecified atom stereocenters. The van der Waals surface area contributed by atoms with E-state index in [2.05, 4.69) is 59.8 Å². The van der Waals surface area contributed by atoms with Crippen molar-refractivity contribution in [3.63, 3.8) is 0 Å². The summed E-state index contributed by atoms with van der Waals surface area (Å²) in [6, 6.07) is 0. The van der Waals surface area contributed by atoms with E-state index in [4.69, 9.17) is 0 Å². The van der Waals surface area contributed by atoms with Crippen LogP contribution in [0.3, 0.4) is 0 Å². The standard InChI is InChI=1S/C29H48O3/c1-20(11-8-12-21(2)15-10-16-23(4)29(31)32)13-9-14-22(3)17-18-27-19-28(30)26(7)24(5)25(27)6/h13,15,19,22-23,26,28,30H,8-12,14,16-18H2,1-7H3,(H,31,32)/p-1/b20-13+,21-15+. The molecule has 0 aromatic rings. The molecule has 0 aromatic carbocycles. The lowest BCUT2D eigenvalue weighted by atomic mass is 9.81. The molecule has 0 fully saturated rings. The minimum absolute atomic E-state index is 0.238. The van der Waals surface area contributed by atoms with E-state index in [1.54, 1.807) is 6.92 Å². The first-order valence-corrected chi connectivity index (χ1v) is 12.6. The number of rotatable bonds is 14. The Morgan fingerprint density at radius 1 is 1.06 bits per heavy atom. The third-order valence-electron chi connectivity index (χ3n) is 7.34. The van der Waals surface area contributed by atoms with Gasteiger partial charge < -0.3 is 15.0 Å². The van der Waals surface area contributed by atoms with E-state index in [-0.39, 0.29) is 17.9 Å². The Bertz CT molecular complexity index is 723.